The number of aryl methyl sites for hydroxylation is 1. The van der Waals surface area contributed by atoms with Crippen molar-refractivity contribution in [1.29, 1.82) is 0 Å². The van der Waals surface area contributed by atoms with Crippen LogP contribution < -0.4 is 0 Å². The number of hydrogen-bond donors (Lipinski definition) is 0. The van der Waals surface area contributed by atoms with Crippen LogP contribution >= 0.6 is 0 Å². The lowest BCUT2D eigenvalue weighted by atomic mass is 10.1. The Kier molecular flexibility index (Phi) is 5.00. The minimum absolute atomic E-state index is 1.09. The predicted molar refractivity (Wildman–Crippen MR) is 57.5 cm³/mol. The van der Waals surface area contributed by atoms with Crippen molar-refractivity contribution in [1.82, 2.24) is 0 Å². The molecule has 0 saturated carbocycles. The monoisotopic (exact) mass is 173 g/mol. The van der Waals surface area contributed by atoms with Gasteiger partial charge in [-0.1, -0.05) is 43.3 Å². The van der Waals surface area contributed by atoms with Gasteiger partial charge in [0.25, 0.3) is 0 Å². The van der Waals surface area contributed by atoms with E-state index in [1.807, 2.05) is 0 Å². The molecule has 69 valence electrons. The van der Waals surface area contributed by atoms with Gasteiger partial charge in [-0.25, -0.2) is 0 Å². The highest BCUT2D eigenvalue weighted by Crippen LogP contribution is 2.04. The van der Waals surface area contributed by atoms with Crippen LogP contribution in [0.2, 0.25) is 0 Å². The summed E-state index contributed by atoms with van der Waals surface area (Å²) in [6, 6.07) is 10.6. The molecular weight excluding hydrogens is 156 g/mol. The Morgan fingerprint density at radius 2 is 2.00 bits per heavy atom. The van der Waals surface area contributed by atoms with Crippen LogP contribution in [0.3, 0.4) is 0 Å². The van der Waals surface area contributed by atoms with Crippen molar-refractivity contribution in [3.05, 3.63) is 48.0 Å². The van der Waals surface area contributed by atoms with E-state index in [1.54, 1.807) is 0 Å². The molecule has 0 aliphatic carbocycles. The van der Waals surface area contributed by atoms with Crippen LogP contribution in [0.1, 0.15) is 31.7 Å². The van der Waals surface area contributed by atoms with E-state index in [1.165, 1.54) is 18.4 Å². The van der Waals surface area contributed by atoms with Gasteiger partial charge in [-0.3, -0.25) is 0 Å². The van der Waals surface area contributed by atoms with E-state index in [0.29, 0.717) is 0 Å². The van der Waals surface area contributed by atoms with E-state index in [4.69, 9.17) is 0 Å². The third-order valence-electron chi connectivity index (χ3n) is 1.98. The average molecular weight is 173 g/mol. The molecule has 1 aromatic rings. The maximum absolute atomic E-state index is 3.28. The van der Waals surface area contributed by atoms with Crippen molar-refractivity contribution in [2.45, 2.75) is 32.6 Å². The topological polar surface area (TPSA) is 0 Å². The summed E-state index contributed by atoms with van der Waals surface area (Å²) in [6.45, 7) is 2.14. The van der Waals surface area contributed by atoms with Gasteiger partial charge in [0.1, 0.15) is 0 Å². The maximum atomic E-state index is 3.28. The van der Waals surface area contributed by atoms with Crippen molar-refractivity contribution in [3.8, 4) is 0 Å². The van der Waals surface area contributed by atoms with E-state index < -0.39 is 0 Å². The highest BCUT2D eigenvalue weighted by Gasteiger charge is 1.89. The number of rotatable bonds is 5. The average Bonchev–Trinajstić information content (AvgIpc) is 2.19. The molecular formula is C13H17. The summed E-state index contributed by atoms with van der Waals surface area (Å²) in [6.07, 6.45) is 9.97. The number of benzene rings is 1. The van der Waals surface area contributed by atoms with E-state index in [-0.39, 0.29) is 0 Å². The van der Waals surface area contributed by atoms with Crippen molar-refractivity contribution in [2.24, 2.45) is 0 Å². The summed E-state index contributed by atoms with van der Waals surface area (Å²) in [5, 5.41) is 0. The molecule has 13 heavy (non-hydrogen) atoms. The molecule has 0 unspecified atom stereocenters. The molecule has 0 nitrogen and oxygen atoms in total. The van der Waals surface area contributed by atoms with Gasteiger partial charge in [0.2, 0.25) is 0 Å². The molecule has 1 radical (unpaired) electrons. The normalized spacial score (nSPS) is 10.8. The first-order valence-electron chi connectivity index (χ1n) is 5.02. The lowest BCUT2D eigenvalue weighted by molar-refractivity contribution is 0.827. The fourth-order valence-electron chi connectivity index (χ4n) is 1.29. The Balaban J connectivity index is 2.17. The van der Waals surface area contributed by atoms with Crippen LogP contribution in [0.15, 0.2) is 36.4 Å². The van der Waals surface area contributed by atoms with E-state index in [2.05, 4.69) is 49.4 Å². The number of allylic oxidation sites excluding steroid dienone is 2. The maximum Gasteiger partial charge on any atom is -0.0276 e. The summed E-state index contributed by atoms with van der Waals surface area (Å²) in [5.74, 6) is 0. The molecule has 0 amide bonds. The van der Waals surface area contributed by atoms with Gasteiger partial charge < -0.3 is 0 Å². The Morgan fingerprint density at radius 1 is 1.23 bits per heavy atom. The molecule has 0 N–H and O–H groups in total. The van der Waals surface area contributed by atoms with Crippen LogP contribution in [0.25, 0.3) is 0 Å². The molecule has 1 aromatic carbocycles. The van der Waals surface area contributed by atoms with Gasteiger partial charge in [0.05, 0.1) is 0 Å². The second-order valence-corrected chi connectivity index (χ2v) is 3.16. The quantitative estimate of drug-likeness (QED) is 0.594. The lowest BCUT2D eigenvalue weighted by Gasteiger charge is -1.97. The molecule has 0 saturated heterocycles. The first-order valence-corrected chi connectivity index (χ1v) is 5.02. The standard InChI is InChI=1S/C13H17/c1-2-3-4-5-7-10-13-11-8-6-9-12-13/h3,6,8-9,11-12H,2,5,7,10H2,1H3. The molecule has 0 bridgehead atoms. The minimum atomic E-state index is 1.09. The van der Waals surface area contributed by atoms with Gasteiger partial charge in [-0.05, 0) is 37.3 Å². The predicted octanol–water partition coefficient (Wildman–Crippen LogP) is 3.78. The second kappa shape index (κ2) is 6.47. The largest absolute Gasteiger partial charge is 0.0813 e. The van der Waals surface area contributed by atoms with Crippen molar-refractivity contribution >= 4 is 0 Å². The summed E-state index contributed by atoms with van der Waals surface area (Å²) >= 11 is 0. The molecule has 0 aromatic heterocycles. The van der Waals surface area contributed by atoms with E-state index in [9.17, 15) is 0 Å². The zero-order valence-electron chi connectivity index (χ0n) is 8.29. The molecule has 0 heteroatoms. The number of hydrogen-bond acceptors (Lipinski definition) is 0. The van der Waals surface area contributed by atoms with Gasteiger partial charge in [0.15, 0.2) is 0 Å². The van der Waals surface area contributed by atoms with Gasteiger partial charge in [-0.15, -0.1) is 0 Å². The van der Waals surface area contributed by atoms with Crippen LogP contribution in [0.4, 0.5) is 0 Å². The first-order chi connectivity index (χ1) is 6.43. The van der Waals surface area contributed by atoms with Crippen LogP contribution in [0.5, 0.6) is 0 Å². The fraction of sp³-hybridized carbons (Fsp3) is 0.385. The number of unbranched alkanes of at least 4 members (excludes halogenated alkanes) is 1. The van der Waals surface area contributed by atoms with Crippen LogP contribution in [-0.2, 0) is 6.42 Å². The van der Waals surface area contributed by atoms with Gasteiger partial charge in [-0.2, -0.15) is 0 Å². The van der Waals surface area contributed by atoms with Crippen LogP contribution in [-0.4, -0.2) is 0 Å². The molecule has 0 aliphatic heterocycles. The Labute approximate surface area is 81.3 Å². The molecule has 0 atom stereocenters. The van der Waals surface area contributed by atoms with E-state index >= 15 is 0 Å². The third-order valence-corrected chi connectivity index (χ3v) is 1.98. The highest BCUT2D eigenvalue weighted by atomic mass is 13.9. The zero-order chi connectivity index (χ0) is 9.36. The van der Waals surface area contributed by atoms with Crippen LogP contribution in [0, 0.1) is 6.08 Å². The third kappa shape index (κ3) is 4.51. The summed E-state index contributed by atoms with van der Waals surface area (Å²) < 4.78 is 0. The van der Waals surface area contributed by atoms with Crippen molar-refractivity contribution < 1.29 is 0 Å². The van der Waals surface area contributed by atoms with Crippen molar-refractivity contribution in [2.75, 3.05) is 0 Å². The van der Waals surface area contributed by atoms with Crippen molar-refractivity contribution in [3.63, 3.8) is 0 Å². The minimum Gasteiger partial charge on any atom is -0.0813 e. The SMILES string of the molecule is CCC=[C]CCCc1ccccc1. The van der Waals surface area contributed by atoms with Gasteiger partial charge >= 0.3 is 0 Å². The van der Waals surface area contributed by atoms with E-state index in [0.717, 1.165) is 12.8 Å². The molecule has 0 aliphatic rings. The molecule has 1 rings (SSSR count). The fourth-order valence-corrected chi connectivity index (χ4v) is 1.29. The summed E-state index contributed by atoms with van der Waals surface area (Å²) in [7, 11) is 0. The smallest absolute Gasteiger partial charge is 0.0276 e. The summed E-state index contributed by atoms with van der Waals surface area (Å²) in [5.41, 5.74) is 1.43. The lowest BCUT2D eigenvalue weighted by Crippen LogP contribution is -1.82. The second-order valence-electron chi connectivity index (χ2n) is 3.16. The first kappa shape index (κ1) is 10.0. The Bertz CT molecular complexity index is 233. The molecule has 0 heterocycles. The Morgan fingerprint density at radius 3 is 2.69 bits per heavy atom. The molecule has 0 spiro atoms. The highest BCUT2D eigenvalue weighted by molar-refractivity contribution is 5.14. The molecule has 0 fully saturated rings. The van der Waals surface area contributed by atoms with Gasteiger partial charge in [0, 0.05) is 0 Å². The summed E-state index contributed by atoms with van der Waals surface area (Å²) in [4.78, 5) is 0. The Hall–Kier alpha value is -1.04. The zero-order valence-corrected chi connectivity index (χ0v) is 8.29.